The third kappa shape index (κ3) is 5.02. The Hall–Kier alpha value is -3.00. The molecule has 31 heavy (non-hydrogen) atoms. The summed E-state index contributed by atoms with van der Waals surface area (Å²) in [7, 11) is 0. The van der Waals surface area contributed by atoms with E-state index in [1.54, 1.807) is 0 Å². The number of carbonyl (C=O) groups is 2. The summed E-state index contributed by atoms with van der Waals surface area (Å²) in [4.78, 5) is 30.8. The second-order valence-corrected chi connectivity index (χ2v) is 8.43. The number of likely N-dealkylation sites (tertiary alicyclic amines) is 1. The summed E-state index contributed by atoms with van der Waals surface area (Å²) in [6.45, 7) is 3.10. The maximum atomic E-state index is 12.7. The minimum atomic E-state index is -0.0462. The Balaban J connectivity index is 1.40. The molecule has 0 spiro atoms. The fourth-order valence-corrected chi connectivity index (χ4v) is 4.04. The molecule has 160 valence electrons. The van der Waals surface area contributed by atoms with Crippen LogP contribution in [0.1, 0.15) is 48.4 Å². The van der Waals surface area contributed by atoms with E-state index in [1.165, 1.54) is 0 Å². The monoisotopic (exact) mass is 482 g/mol. The van der Waals surface area contributed by atoms with E-state index in [1.807, 2.05) is 60.4 Å². The van der Waals surface area contributed by atoms with E-state index in [-0.39, 0.29) is 17.7 Å². The van der Waals surface area contributed by atoms with E-state index in [9.17, 15) is 9.59 Å². The number of anilines is 1. The van der Waals surface area contributed by atoms with Crippen molar-refractivity contribution in [3.05, 3.63) is 64.5 Å². The predicted octanol–water partition coefficient (Wildman–Crippen LogP) is 4.87. The Kier molecular flexibility index (Phi) is 6.46. The number of nitrogens with zero attached hydrogens (tertiary/aromatic N) is 3. The lowest BCUT2D eigenvalue weighted by Crippen LogP contribution is -2.38. The highest BCUT2D eigenvalue weighted by atomic mass is 79.9. The van der Waals surface area contributed by atoms with Crippen molar-refractivity contribution in [1.82, 2.24) is 15.0 Å². The maximum Gasteiger partial charge on any atom is 0.253 e. The Labute approximate surface area is 189 Å². The van der Waals surface area contributed by atoms with Gasteiger partial charge in [0, 0.05) is 46.7 Å². The van der Waals surface area contributed by atoms with Gasteiger partial charge in [-0.15, -0.1) is 0 Å². The molecular weight excluding hydrogens is 460 g/mol. The van der Waals surface area contributed by atoms with E-state index in [0.29, 0.717) is 42.5 Å². The van der Waals surface area contributed by atoms with Crippen molar-refractivity contribution in [2.75, 3.05) is 18.4 Å². The fraction of sp³-hybridized carbons (Fsp3) is 0.304. The maximum absolute atomic E-state index is 12.7. The van der Waals surface area contributed by atoms with Gasteiger partial charge in [0.2, 0.25) is 17.6 Å². The van der Waals surface area contributed by atoms with E-state index >= 15 is 0 Å². The van der Waals surface area contributed by atoms with Crippen molar-refractivity contribution in [3.63, 3.8) is 0 Å². The van der Waals surface area contributed by atoms with Crippen LogP contribution in [-0.4, -0.2) is 39.9 Å². The summed E-state index contributed by atoms with van der Waals surface area (Å²) in [6, 6.07) is 14.8. The highest BCUT2D eigenvalue weighted by molar-refractivity contribution is 9.10. The average Bonchev–Trinajstić information content (AvgIpc) is 3.29. The second kappa shape index (κ2) is 9.43. The Morgan fingerprint density at radius 3 is 2.68 bits per heavy atom. The van der Waals surface area contributed by atoms with Gasteiger partial charge in [0.05, 0.1) is 0 Å². The van der Waals surface area contributed by atoms with Gasteiger partial charge in [-0.05, 0) is 43.2 Å². The van der Waals surface area contributed by atoms with E-state index in [0.717, 1.165) is 22.9 Å². The highest BCUT2D eigenvalue weighted by Gasteiger charge is 2.28. The lowest BCUT2D eigenvalue weighted by atomic mass is 9.96. The number of carbonyl (C=O) groups excluding carboxylic acids is 2. The van der Waals surface area contributed by atoms with Crippen LogP contribution in [0.2, 0.25) is 0 Å². The molecule has 3 aromatic rings. The van der Waals surface area contributed by atoms with Crippen LogP contribution in [0.3, 0.4) is 0 Å². The quantitative estimate of drug-likeness (QED) is 0.560. The highest BCUT2D eigenvalue weighted by Crippen LogP contribution is 2.30. The number of piperidine rings is 1. The summed E-state index contributed by atoms with van der Waals surface area (Å²) < 4.78 is 6.43. The number of rotatable bonds is 5. The number of hydrogen-bond donors (Lipinski definition) is 1. The molecule has 0 radical (unpaired) electrons. The van der Waals surface area contributed by atoms with Gasteiger partial charge in [-0.1, -0.05) is 46.2 Å². The fourth-order valence-electron chi connectivity index (χ4n) is 3.64. The molecule has 1 aromatic heterocycles. The molecule has 0 saturated carbocycles. The molecule has 7 nitrogen and oxygen atoms in total. The Morgan fingerprint density at radius 2 is 1.94 bits per heavy atom. The van der Waals surface area contributed by atoms with E-state index < -0.39 is 0 Å². The molecule has 4 rings (SSSR count). The SMILES string of the molecule is CCC(=O)Nc1cccc(-c2noc(C3CCN(C(=O)c4cccc(Br)c4)CC3)n2)c1. The third-order valence-corrected chi connectivity index (χ3v) is 5.86. The lowest BCUT2D eigenvalue weighted by Gasteiger charge is -2.30. The lowest BCUT2D eigenvalue weighted by molar-refractivity contribution is -0.115. The number of amides is 2. The molecule has 2 heterocycles. The molecule has 1 N–H and O–H groups in total. The number of nitrogens with one attached hydrogen (secondary N) is 1. The van der Waals surface area contributed by atoms with Crippen LogP contribution in [0.15, 0.2) is 57.5 Å². The van der Waals surface area contributed by atoms with Gasteiger partial charge in [-0.3, -0.25) is 9.59 Å². The van der Waals surface area contributed by atoms with Gasteiger partial charge in [-0.2, -0.15) is 4.98 Å². The molecule has 0 unspecified atom stereocenters. The first kappa shape index (κ1) is 21.2. The molecular formula is C23H23BrN4O3. The molecule has 0 aliphatic carbocycles. The topological polar surface area (TPSA) is 88.3 Å². The molecule has 1 fully saturated rings. The first-order valence-electron chi connectivity index (χ1n) is 10.3. The summed E-state index contributed by atoms with van der Waals surface area (Å²) >= 11 is 3.42. The molecule has 0 bridgehead atoms. The second-order valence-electron chi connectivity index (χ2n) is 7.52. The molecule has 2 aromatic carbocycles. The molecule has 2 amide bonds. The molecule has 1 saturated heterocycles. The van der Waals surface area contributed by atoms with Crippen LogP contribution >= 0.6 is 15.9 Å². The zero-order valence-corrected chi connectivity index (χ0v) is 18.8. The van der Waals surface area contributed by atoms with Crippen LogP contribution in [0.25, 0.3) is 11.4 Å². The largest absolute Gasteiger partial charge is 0.339 e. The van der Waals surface area contributed by atoms with Crippen molar-refractivity contribution < 1.29 is 14.1 Å². The molecule has 0 atom stereocenters. The zero-order valence-electron chi connectivity index (χ0n) is 17.2. The van der Waals surface area contributed by atoms with Gasteiger partial charge >= 0.3 is 0 Å². The Morgan fingerprint density at radius 1 is 1.16 bits per heavy atom. The molecule has 1 aliphatic heterocycles. The van der Waals surface area contributed by atoms with Crippen LogP contribution in [0.4, 0.5) is 5.69 Å². The Bertz CT molecular complexity index is 1090. The van der Waals surface area contributed by atoms with Crippen molar-refractivity contribution in [2.24, 2.45) is 0 Å². The van der Waals surface area contributed by atoms with Gasteiger partial charge in [0.15, 0.2) is 0 Å². The van der Waals surface area contributed by atoms with Gasteiger partial charge in [-0.25, -0.2) is 0 Å². The minimum Gasteiger partial charge on any atom is -0.339 e. The van der Waals surface area contributed by atoms with Crippen molar-refractivity contribution in [2.45, 2.75) is 32.1 Å². The zero-order chi connectivity index (χ0) is 21.8. The summed E-state index contributed by atoms with van der Waals surface area (Å²) in [6.07, 6.45) is 1.96. The standard InChI is InChI=1S/C23H23BrN4O3/c1-2-20(29)25-19-8-4-5-16(14-19)21-26-22(31-27-21)15-9-11-28(12-10-15)23(30)17-6-3-7-18(24)13-17/h3-8,13-15H,2,9-12H2,1H3,(H,25,29). The predicted molar refractivity (Wildman–Crippen MR) is 121 cm³/mol. The number of hydrogen-bond acceptors (Lipinski definition) is 5. The summed E-state index contributed by atoms with van der Waals surface area (Å²) in [5.74, 6) is 1.20. The number of aromatic nitrogens is 2. The van der Waals surface area contributed by atoms with Crippen molar-refractivity contribution >= 4 is 33.4 Å². The minimum absolute atomic E-state index is 0.0388. The first-order valence-corrected chi connectivity index (χ1v) is 11.1. The van der Waals surface area contributed by atoms with Crippen LogP contribution in [0.5, 0.6) is 0 Å². The smallest absolute Gasteiger partial charge is 0.253 e. The molecule has 1 aliphatic rings. The average molecular weight is 483 g/mol. The van der Waals surface area contributed by atoms with E-state index in [2.05, 4.69) is 31.4 Å². The van der Waals surface area contributed by atoms with Crippen LogP contribution in [-0.2, 0) is 4.79 Å². The van der Waals surface area contributed by atoms with E-state index in [4.69, 9.17) is 4.52 Å². The van der Waals surface area contributed by atoms with Gasteiger partial charge in [0.1, 0.15) is 0 Å². The van der Waals surface area contributed by atoms with Crippen molar-refractivity contribution in [3.8, 4) is 11.4 Å². The van der Waals surface area contributed by atoms with Crippen molar-refractivity contribution in [1.29, 1.82) is 0 Å². The van der Waals surface area contributed by atoms with Gasteiger partial charge < -0.3 is 14.7 Å². The number of benzene rings is 2. The third-order valence-electron chi connectivity index (χ3n) is 5.37. The normalized spacial score (nSPS) is 14.5. The number of halogens is 1. The van der Waals surface area contributed by atoms with Gasteiger partial charge in [0.25, 0.3) is 5.91 Å². The molecule has 8 heteroatoms. The van der Waals surface area contributed by atoms with Crippen LogP contribution < -0.4 is 5.32 Å². The first-order chi connectivity index (χ1) is 15.0. The summed E-state index contributed by atoms with van der Waals surface area (Å²) in [5.41, 5.74) is 2.17. The van der Waals surface area contributed by atoms with Crippen LogP contribution in [0, 0.1) is 0 Å². The summed E-state index contributed by atoms with van der Waals surface area (Å²) in [5, 5.41) is 6.97.